The highest BCUT2D eigenvalue weighted by molar-refractivity contribution is 7.89. The van der Waals surface area contributed by atoms with Crippen molar-refractivity contribution in [2.75, 3.05) is 11.4 Å². The van der Waals surface area contributed by atoms with Gasteiger partial charge in [-0.2, -0.15) is 0 Å². The molecule has 2 aromatic rings. The van der Waals surface area contributed by atoms with Gasteiger partial charge in [-0.1, -0.05) is 32.0 Å². The summed E-state index contributed by atoms with van der Waals surface area (Å²) in [6.07, 6.45) is 0.640. The van der Waals surface area contributed by atoms with E-state index >= 15 is 0 Å². The fourth-order valence-electron chi connectivity index (χ4n) is 3.16. The average molecular weight is 372 g/mol. The molecule has 26 heavy (non-hydrogen) atoms. The summed E-state index contributed by atoms with van der Waals surface area (Å²) in [6, 6.07) is 14.1. The number of amides is 1. The third-order valence-corrected chi connectivity index (χ3v) is 5.92. The largest absolute Gasteiger partial charge is 0.305 e. The number of carbonyl (C=O) groups excluding carboxylic acids is 1. The van der Waals surface area contributed by atoms with Crippen molar-refractivity contribution in [2.45, 2.75) is 38.1 Å². The van der Waals surface area contributed by atoms with Gasteiger partial charge in [-0.15, -0.1) is 0 Å². The molecular weight excluding hydrogens is 348 g/mol. The van der Waals surface area contributed by atoms with Crippen LogP contribution in [-0.2, 0) is 16.4 Å². The molecular formula is C20H24N2O3S. The fraction of sp³-hybridized carbons (Fsp3) is 0.350. The maximum atomic E-state index is 12.9. The van der Waals surface area contributed by atoms with Gasteiger partial charge in [-0.05, 0) is 55.2 Å². The minimum Gasteiger partial charge on any atom is -0.305 e. The molecule has 0 saturated heterocycles. The quantitative estimate of drug-likeness (QED) is 0.876. The number of hydrogen-bond acceptors (Lipinski definition) is 3. The normalized spacial score (nSPS) is 16.8. The lowest BCUT2D eigenvalue weighted by atomic mass is 10.1. The number of anilines is 1. The predicted octanol–water partition coefficient (Wildman–Crippen LogP) is 3.21. The van der Waals surface area contributed by atoms with Crippen LogP contribution in [0.15, 0.2) is 53.4 Å². The summed E-state index contributed by atoms with van der Waals surface area (Å²) in [4.78, 5) is 14.9. The summed E-state index contributed by atoms with van der Waals surface area (Å²) in [7, 11) is -3.54. The number of nitrogens with one attached hydrogen (secondary N) is 1. The summed E-state index contributed by atoms with van der Waals surface area (Å²) >= 11 is 0. The molecule has 0 radical (unpaired) electrons. The van der Waals surface area contributed by atoms with Crippen LogP contribution in [0, 0.1) is 5.92 Å². The second-order valence-corrected chi connectivity index (χ2v) is 8.90. The Balaban J connectivity index is 1.90. The van der Waals surface area contributed by atoms with E-state index in [1.807, 2.05) is 39.0 Å². The van der Waals surface area contributed by atoms with Gasteiger partial charge >= 0.3 is 0 Å². The molecule has 1 aliphatic rings. The van der Waals surface area contributed by atoms with E-state index in [4.69, 9.17) is 0 Å². The molecule has 0 bridgehead atoms. The van der Waals surface area contributed by atoms with Crippen LogP contribution in [0.2, 0.25) is 0 Å². The van der Waals surface area contributed by atoms with E-state index in [9.17, 15) is 13.2 Å². The van der Waals surface area contributed by atoms with Crippen molar-refractivity contribution in [3.8, 4) is 0 Å². The Morgan fingerprint density at radius 3 is 2.54 bits per heavy atom. The van der Waals surface area contributed by atoms with E-state index in [1.165, 1.54) is 0 Å². The molecule has 1 N–H and O–H groups in total. The molecule has 2 aromatic carbocycles. The molecule has 1 atom stereocenters. The third-order valence-electron chi connectivity index (χ3n) is 4.50. The smallest absolute Gasteiger partial charge is 0.258 e. The van der Waals surface area contributed by atoms with E-state index in [1.54, 1.807) is 35.2 Å². The van der Waals surface area contributed by atoms with Crippen molar-refractivity contribution in [2.24, 2.45) is 5.92 Å². The second-order valence-electron chi connectivity index (χ2n) is 7.13. The van der Waals surface area contributed by atoms with E-state index in [-0.39, 0.29) is 22.8 Å². The molecule has 1 aliphatic heterocycles. The molecule has 1 amide bonds. The fourth-order valence-corrected chi connectivity index (χ4v) is 4.43. The lowest BCUT2D eigenvalue weighted by Crippen LogP contribution is -2.35. The number of rotatable bonds is 5. The van der Waals surface area contributed by atoms with Crippen molar-refractivity contribution >= 4 is 21.6 Å². The Morgan fingerprint density at radius 1 is 1.19 bits per heavy atom. The maximum absolute atomic E-state index is 12.9. The first-order valence-corrected chi connectivity index (χ1v) is 10.3. The van der Waals surface area contributed by atoms with Crippen molar-refractivity contribution in [1.82, 2.24) is 4.72 Å². The number of carbonyl (C=O) groups is 1. The van der Waals surface area contributed by atoms with Crippen LogP contribution in [0.1, 0.15) is 36.7 Å². The average Bonchev–Trinajstić information content (AvgIpc) is 2.95. The minimum atomic E-state index is -3.54. The topological polar surface area (TPSA) is 66.5 Å². The lowest BCUT2D eigenvalue weighted by molar-refractivity contribution is 0.0981. The Kier molecular flexibility index (Phi) is 5.16. The molecule has 0 aliphatic carbocycles. The van der Waals surface area contributed by atoms with E-state index in [2.05, 4.69) is 4.72 Å². The monoisotopic (exact) mass is 372 g/mol. The zero-order valence-corrected chi connectivity index (χ0v) is 16.1. The SMILES string of the molecule is CC(C)CNS(=O)(=O)c1ccc2c(c1)C[C@@H](C)N2C(=O)c1ccccc1. The standard InChI is InChI=1S/C20H24N2O3S/c1-14(2)13-21-26(24,25)18-9-10-19-17(12-18)11-15(3)22(19)20(23)16-7-5-4-6-8-16/h4-10,12,14-15,21H,11,13H2,1-3H3/t15-/m1/s1. The summed E-state index contributed by atoms with van der Waals surface area (Å²) in [5, 5.41) is 0. The van der Waals surface area contributed by atoms with Gasteiger partial charge in [0.25, 0.3) is 5.91 Å². The van der Waals surface area contributed by atoms with Gasteiger partial charge in [0.15, 0.2) is 0 Å². The van der Waals surface area contributed by atoms with Gasteiger partial charge < -0.3 is 4.90 Å². The van der Waals surface area contributed by atoms with Crippen molar-refractivity contribution < 1.29 is 13.2 Å². The highest BCUT2D eigenvalue weighted by Gasteiger charge is 2.32. The van der Waals surface area contributed by atoms with Crippen molar-refractivity contribution in [3.05, 3.63) is 59.7 Å². The van der Waals surface area contributed by atoms with Crippen molar-refractivity contribution in [3.63, 3.8) is 0 Å². The number of fused-ring (bicyclic) bond motifs is 1. The Bertz CT molecular complexity index is 908. The van der Waals surface area contributed by atoms with Gasteiger partial charge in [0.2, 0.25) is 10.0 Å². The molecule has 138 valence electrons. The first-order chi connectivity index (χ1) is 12.3. The molecule has 6 heteroatoms. The van der Waals surface area contributed by atoms with Gasteiger partial charge in [0, 0.05) is 23.8 Å². The Labute approximate surface area is 155 Å². The molecule has 3 rings (SSSR count). The highest BCUT2D eigenvalue weighted by Crippen LogP contribution is 2.35. The maximum Gasteiger partial charge on any atom is 0.258 e. The van der Waals surface area contributed by atoms with Crippen LogP contribution in [0.4, 0.5) is 5.69 Å². The first kappa shape index (κ1) is 18.6. The molecule has 0 saturated carbocycles. The summed E-state index contributed by atoms with van der Waals surface area (Å²) < 4.78 is 27.6. The summed E-state index contributed by atoms with van der Waals surface area (Å²) in [5.41, 5.74) is 2.30. The van der Waals surface area contributed by atoms with Crippen LogP contribution in [0.25, 0.3) is 0 Å². The Hall–Kier alpha value is -2.18. The highest BCUT2D eigenvalue weighted by atomic mass is 32.2. The zero-order valence-electron chi connectivity index (χ0n) is 15.3. The third kappa shape index (κ3) is 3.66. The molecule has 1 heterocycles. The zero-order chi connectivity index (χ0) is 18.9. The summed E-state index contributed by atoms with van der Waals surface area (Å²) in [5.74, 6) is 0.170. The molecule has 5 nitrogen and oxygen atoms in total. The van der Waals surface area contributed by atoms with Crippen LogP contribution in [-0.4, -0.2) is 26.9 Å². The predicted molar refractivity (Wildman–Crippen MR) is 103 cm³/mol. The lowest BCUT2D eigenvalue weighted by Gasteiger charge is -2.23. The molecule has 0 spiro atoms. The molecule has 0 unspecified atom stereocenters. The van der Waals surface area contributed by atoms with Crippen molar-refractivity contribution in [1.29, 1.82) is 0 Å². The van der Waals surface area contributed by atoms with Crippen LogP contribution < -0.4 is 9.62 Å². The van der Waals surface area contributed by atoms with Crippen LogP contribution in [0.3, 0.4) is 0 Å². The van der Waals surface area contributed by atoms with E-state index in [0.29, 0.717) is 18.5 Å². The second kappa shape index (κ2) is 7.21. The van der Waals surface area contributed by atoms with Gasteiger partial charge in [-0.3, -0.25) is 4.79 Å². The van der Waals surface area contributed by atoms with E-state index < -0.39 is 10.0 Å². The molecule has 0 fully saturated rings. The van der Waals surface area contributed by atoms with Gasteiger partial charge in [-0.25, -0.2) is 13.1 Å². The number of benzene rings is 2. The van der Waals surface area contributed by atoms with Crippen LogP contribution in [0.5, 0.6) is 0 Å². The van der Waals surface area contributed by atoms with Crippen LogP contribution >= 0.6 is 0 Å². The Morgan fingerprint density at radius 2 is 1.88 bits per heavy atom. The van der Waals surface area contributed by atoms with E-state index in [0.717, 1.165) is 11.3 Å². The molecule has 0 aromatic heterocycles. The number of hydrogen-bond donors (Lipinski definition) is 1. The van der Waals surface area contributed by atoms with Gasteiger partial charge in [0.1, 0.15) is 0 Å². The number of sulfonamides is 1. The summed E-state index contributed by atoms with van der Waals surface area (Å²) in [6.45, 7) is 6.29. The first-order valence-electron chi connectivity index (χ1n) is 8.81. The minimum absolute atomic E-state index is 0.0146. The number of nitrogens with zero attached hydrogens (tertiary/aromatic N) is 1. The van der Waals surface area contributed by atoms with Gasteiger partial charge in [0.05, 0.1) is 4.90 Å².